The Balaban J connectivity index is 2.39. The van der Waals surface area contributed by atoms with E-state index in [4.69, 9.17) is 11.6 Å². The van der Waals surface area contributed by atoms with E-state index in [1.165, 1.54) is 0 Å². The zero-order valence-electron chi connectivity index (χ0n) is 10.5. The molecule has 1 saturated heterocycles. The maximum Gasteiger partial charge on any atom is 0.294 e. The molecule has 0 saturated carbocycles. The number of hydrogen-bond acceptors (Lipinski definition) is 4. The molecule has 0 aliphatic carbocycles. The standard InChI is InChI=1S/C12H16ClN3O2/c1-9-7-10(13)12(11(8-9)16(17)18)15-5-3-14(2)4-6-15/h7-8H,3-6H2,1-2H3. The van der Waals surface area contributed by atoms with Crippen molar-refractivity contribution in [3.8, 4) is 0 Å². The molecule has 0 radical (unpaired) electrons. The molecule has 0 spiro atoms. The van der Waals surface area contributed by atoms with Crippen LogP contribution >= 0.6 is 11.6 Å². The van der Waals surface area contributed by atoms with Gasteiger partial charge in [0.15, 0.2) is 0 Å². The molecule has 0 bridgehead atoms. The van der Waals surface area contributed by atoms with Crippen molar-refractivity contribution in [3.63, 3.8) is 0 Å². The summed E-state index contributed by atoms with van der Waals surface area (Å²) in [5.74, 6) is 0. The molecule has 1 aromatic carbocycles. The highest BCUT2D eigenvalue weighted by molar-refractivity contribution is 6.34. The van der Waals surface area contributed by atoms with Crippen LogP contribution in [-0.4, -0.2) is 43.0 Å². The zero-order valence-corrected chi connectivity index (χ0v) is 11.3. The Morgan fingerprint density at radius 3 is 2.44 bits per heavy atom. The van der Waals surface area contributed by atoms with Crippen molar-refractivity contribution in [2.75, 3.05) is 38.1 Å². The van der Waals surface area contributed by atoms with Crippen molar-refractivity contribution in [3.05, 3.63) is 32.8 Å². The first-order chi connectivity index (χ1) is 8.49. The lowest BCUT2D eigenvalue weighted by molar-refractivity contribution is -0.384. The first kappa shape index (κ1) is 13.1. The molecule has 98 valence electrons. The van der Waals surface area contributed by atoms with E-state index in [2.05, 4.69) is 4.90 Å². The number of anilines is 1. The Bertz CT molecular complexity index is 471. The number of halogens is 1. The summed E-state index contributed by atoms with van der Waals surface area (Å²) >= 11 is 6.19. The number of nitro benzene ring substituents is 1. The third kappa shape index (κ3) is 2.57. The van der Waals surface area contributed by atoms with Crippen LogP contribution in [0.5, 0.6) is 0 Å². The van der Waals surface area contributed by atoms with Gasteiger partial charge in [0.1, 0.15) is 5.69 Å². The van der Waals surface area contributed by atoms with E-state index in [1.54, 1.807) is 12.1 Å². The molecule has 0 atom stereocenters. The van der Waals surface area contributed by atoms with E-state index < -0.39 is 0 Å². The third-order valence-electron chi connectivity index (χ3n) is 3.20. The monoisotopic (exact) mass is 269 g/mol. The molecule has 1 heterocycles. The molecule has 18 heavy (non-hydrogen) atoms. The molecule has 2 rings (SSSR count). The molecule has 1 fully saturated rings. The first-order valence-electron chi connectivity index (χ1n) is 5.87. The fourth-order valence-corrected chi connectivity index (χ4v) is 2.59. The smallest absolute Gasteiger partial charge is 0.294 e. The molecule has 1 aliphatic heterocycles. The van der Waals surface area contributed by atoms with Gasteiger partial charge in [0.25, 0.3) is 5.69 Å². The first-order valence-corrected chi connectivity index (χ1v) is 6.25. The Morgan fingerprint density at radius 1 is 1.28 bits per heavy atom. The summed E-state index contributed by atoms with van der Waals surface area (Å²) in [4.78, 5) is 15.0. The fourth-order valence-electron chi connectivity index (χ4n) is 2.20. The van der Waals surface area contributed by atoms with Gasteiger partial charge in [-0.25, -0.2) is 0 Å². The molecule has 0 amide bonds. The van der Waals surface area contributed by atoms with Crippen LogP contribution in [0.3, 0.4) is 0 Å². The van der Waals surface area contributed by atoms with Crippen molar-refractivity contribution in [1.82, 2.24) is 4.90 Å². The Morgan fingerprint density at radius 2 is 1.89 bits per heavy atom. The average Bonchev–Trinajstić information content (AvgIpc) is 2.29. The van der Waals surface area contributed by atoms with Crippen molar-refractivity contribution in [1.29, 1.82) is 0 Å². The Labute approximate surface area is 111 Å². The number of piperazine rings is 1. The highest BCUT2D eigenvalue weighted by Crippen LogP contribution is 2.37. The second-order valence-electron chi connectivity index (χ2n) is 4.66. The van der Waals surface area contributed by atoms with E-state index in [9.17, 15) is 10.1 Å². The summed E-state index contributed by atoms with van der Waals surface area (Å²) in [5.41, 5.74) is 1.47. The summed E-state index contributed by atoms with van der Waals surface area (Å²) in [7, 11) is 2.04. The summed E-state index contributed by atoms with van der Waals surface area (Å²) < 4.78 is 0. The molecule has 0 aromatic heterocycles. The van der Waals surface area contributed by atoms with Crippen LogP contribution < -0.4 is 4.90 Å². The number of aryl methyl sites for hydroxylation is 1. The van der Waals surface area contributed by atoms with Crippen molar-refractivity contribution < 1.29 is 4.92 Å². The third-order valence-corrected chi connectivity index (χ3v) is 3.49. The maximum atomic E-state index is 11.1. The van der Waals surface area contributed by atoms with Crippen LogP contribution in [0.25, 0.3) is 0 Å². The molecule has 5 nitrogen and oxygen atoms in total. The zero-order chi connectivity index (χ0) is 13.3. The Kier molecular flexibility index (Phi) is 3.73. The topological polar surface area (TPSA) is 49.6 Å². The van der Waals surface area contributed by atoms with Gasteiger partial charge in [0.2, 0.25) is 0 Å². The van der Waals surface area contributed by atoms with Gasteiger partial charge < -0.3 is 9.80 Å². The minimum absolute atomic E-state index is 0.101. The second-order valence-corrected chi connectivity index (χ2v) is 5.07. The van der Waals surface area contributed by atoms with E-state index >= 15 is 0 Å². The van der Waals surface area contributed by atoms with Crippen molar-refractivity contribution >= 4 is 23.0 Å². The lowest BCUT2D eigenvalue weighted by Gasteiger charge is -2.34. The normalized spacial score (nSPS) is 16.9. The van der Waals surface area contributed by atoms with Gasteiger partial charge >= 0.3 is 0 Å². The van der Waals surface area contributed by atoms with Crippen LogP contribution in [0.15, 0.2) is 12.1 Å². The largest absolute Gasteiger partial charge is 0.362 e. The van der Waals surface area contributed by atoms with Crippen molar-refractivity contribution in [2.24, 2.45) is 0 Å². The van der Waals surface area contributed by atoms with Crippen LogP contribution in [-0.2, 0) is 0 Å². The summed E-state index contributed by atoms with van der Waals surface area (Å²) in [6.07, 6.45) is 0. The van der Waals surface area contributed by atoms with E-state index in [0.717, 1.165) is 31.7 Å². The fraction of sp³-hybridized carbons (Fsp3) is 0.500. The molecular weight excluding hydrogens is 254 g/mol. The van der Waals surface area contributed by atoms with E-state index in [-0.39, 0.29) is 10.6 Å². The summed E-state index contributed by atoms with van der Waals surface area (Å²) in [6.45, 7) is 5.12. The predicted octanol–water partition coefficient (Wildman–Crippen LogP) is 2.31. The van der Waals surface area contributed by atoms with Crippen LogP contribution in [0.4, 0.5) is 11.4 Å². The van der Waals surface area contributed by atoms with Crippen LogP contribution in [0.1, 0.15) is 5.56 Å². The second kappa shape index (κ2) is 5.12. The van der Waals surface area contributed by atoms with E-state index in [1.807, 2.05) is 18.9 Å². The molecular formula is C12H16ClN3O2. The average molecular weight is 270 g/mol. The number of nitro groups is 1. The minimum atomic E-state index is -0.355. The van der Waals surface area contributed by atoms with Gasteiger partial charge in [-0.05, 0) is 25.6 Å². The SMILES string of the molecule is Cc1cc(Cl)c(N2CCN(C)CC2)c([N+](=O)[O-])c1. The molecule has 1 aromatic rings. The molecule has 0 N–H and O–H groups in total. The number of benzene rings is 1. The minimum Gasteiger partial charge on any atom is -0.362 e. The van der Waals surface area contributed by atoms with E-state index in [0.29, 0.717) is 10.7 Å². The quantitative estimate of drug-likeness (QED) is 0.611. The maximum absolute atomic E-state index is 11.1. The van der Waals surface area contributed by atoms with Gasteiger partial charge in [-0.3, -0.25) is 10.1 Å². The van der Waals surface area contributed by atoms with Gasteiger partial charge in [-0.1, -0.05) is 11.6 Å². The molecule has 0 unspecified atom stereocenters. The summed E-state index contributed by atoms with van der Waals surface area (Å²) in [5, 5.41) is 11.6. The van der Waals surface area contributed by atoms with Gasteiger partial charge in [-0.2, -0.15) is 0 Å². The number of rotatable bonds is 2. The predicted molar refractivity (Wildman–Crippen MR) is 72.6 cm³/mol. The highest BCUT2D eigenvalue weighted by Gasteiger charge is 2.25. The van der Waals surface area contributed by atoms with Gasteiger partial charge in [0, 0.05) is 32.2 Å². The number of hydrogen-bond donors (Lipinski definition) is 0. The molecule has 6 heteroatoms. The number of nitrogens with zero attached hydrogens (tertiary/aromatic N) is 3. The summed E-state index contributed by atoms with van der Waals surface area (Å²) in [6, 6.07) is 3.36. The highest BCUT2D eigenvalue weighted by atomic mass is 35.5. The number of likely N-dealkylation sites (N-methyl/N-ethyl adjacent to an activating group) is 1. The van der Waals surface area contributed by atoms with Crippen molar-refractivity contribution in [2.45, 2.75) is 6.92 Å². The van der Waals surface area contributed by atoms with Gasteiger partial charge in [0.05, 0.1) is 9.95 Å². The van der Waals surface area contributed by atoms with Crippen LogP contribution in [0.2, 0.25) is 5.02 Å². The lowest BCUT2D eigenvalue weighted by atomic mass is 10.1. The Hall–Kier alpha value is -1.33. The van der Waals surface area contributed by atoms with Gasteiger partial charge in [-0.15, -0.1) is 0 Å². The van der Waals surface area contributed by atoms with Crippen LogP contribution in [0, 0.1) is 17.0 Å². The molecule has 1 aliphatic rings. The lowest BCUT2D eigenvalue weighted by Crippen LogP contribution is -2.44.